The Morgan fingerprint density at radius 3 is 2.67 bits per heavy atom. The van der Waals surface area contributed by atoms with Crippen molar-refractivity contribution in [1.29, 1.82) is 0 Å². The van der Waals surface area contributed by atoms with E-state index in [1.165, 1.54) is 13.0 Å². The Bertz CT molecular complexity index is 173. The van der Waals surface area contributed by atoms with Gasteiger partial charge in [-0.15, -0.1) is 0 Å². The van der Waals surface area contributed by atoms with E-state index in [9.17, 15) is 0 Å². The van der Waals surface area contributed by atoms with Crippen molar-refractivity contribution in [3.63, 3.8) is 0 Å². The fourth-order valence-electron chi connectivity index (χ4n) is 2.21. The molecule has 90 valence electrons. The van der Waals surface area contributed by atoms with E-state index in [4.69, 9.17) is 4.74 Å². The summed E-state index contributed by atoms with van der Waals surface area (Å²) < 4.78 is 5.38. The number of rotatable bonds is 6. The van der Waals surface area contributed by atoms with E-state index in [1.807, 2.05) is 7.11 Å². The molecule has 1 N–H and O–H groups in total. The van der Waals surface area contributed by atoms with Crippen LogP contribution in [0.5, 0.6) is 0 Å². The van der Waals surface area contributed by atoms with Crippen LogP contribution in [-0.2, 0) is 4.74 Å². The standard InChI is InChI=1S/C12H26N2O/c1-5-13-12(10(2)3)9-14-7-6-11(8-14)15-4/h10-13H,5-9H2,1-4H3. The lowest BCUT2D eigenvalue weighted by Crippen LogP contribution is -2.43. The Hall–Kier alpha value is -0.120. The van der Waals surface area contributed by atoms with Gasteiger partial charge in [0, 0.05) is 32.8 Å². The second-order valence-electron chi connectivity index (χ2n) is 4.81. The van der Waals surface area contributed by atoms with Gasteiger partial charge in [-0.05, 0) is 18.9 Å². The van der Waals surface area contributed by atoms with Crippen LogP contribution in [-0.4, -0.2) is 50.3 Å². The number of likely N-dealkylation sites (tertiary alicyclic amines) is 1. The van der Waals surface area contributed by atoms with E-state index in [0.29, 0.717) is 18.1 Å². The predicted molar refractivity (Wildman–Crippen MR) is 64.2 cm³/mol. The zero-order valence-corrected chi connectivity index (χ0v) is 10.6. The number of likely N-dealkylation sites (N-methyl/N-ethyl adjacent to an activating group) is 1. The molecule has 0 aliphatic carbocycles. The fourth-order valence-corrected chi connectivity index (χ4v) is 2.21. The topological polar surface area (TPSA) is 24.5 Å². The molecule has 3 nitrogen and oxygen atoms in total. The second kappa shape index (κ2) is 6.46. The summed E-state index contributed by atoms with van der Waals surface area (Å²) in [4.78, 5) is 2.52. The van der Waals surface area contributed by atoms with Gasteiger partial charge < -0.3 is 10.1 Å². The maximum absolute atomic E-state index is 5.38. The van der Waals surface area contributed by atoms with Gasteiger partial charge >= 0.3 is 0 Å². The average molecular weight is 214 g/mol. The molecule has 1 aliphatic rings. The van der Waals surface area contributed by atoms with Crippen LogP contribution in [0.2, 0.25) is 0 Å². The minimum absolute atomic E-state index is 0.458. The summed E-state index contributed by atoms with van der Waals surface area (Å²) in [5, 5.41) is 3.56. The van der Waals surface area contributed by atoms with Crippen LogP contribution in [0, 0.1) is 5.92 Å². The molecule has 1 saturated heterocycles. The lowest BCUT2D eigenvalue weighted by molar-refractivity contribution is 0.105. The zero-order valence-electron chi connectivity index (χ0n) is 10.6. The fraction of sp³-hybridized carbons (Fsp3) is 1.00. The maximum Gasteiger partial charge on any atom is 0.0710 e. The van der Waals surface area contributed by atoms with Crippen molar-refractivity contribution < 1.29 is 4.74 Å². The van der Waals surface area contributed by atoms with Crippen molar-refractivity contribution >= 4 is 0 Å². The minimum Gasteiger partial charge on any atom is -0.380 e. The predicted octanol–water partition coefficient (Wildman–Crippen LogP) is 1.34. The molecule has 0 amide bonds. The molecule has 1 fully saturated rings. The smallest absolute Gasteiger partial charge is 0.0710 e. The van der Waals surface area contributed by atoms with Crippen molar-refractivity contribution in [2.24, 2.45) is 5.92 Å². The molecule has 0 bridgehead atoms. The maximum atomic E-state index is 5.38. The van der Waals surface area contributed by atoms with Crippen molar-refractivity contribution in [2.45, 2.75) is 39.3 Å². The van der Waals surface area contributed by atoms with Crippen molar-refractivity contribution in [1.82, 2.24) is 10.2 Å². The third-order valence-corrected chi connectivity index (χ3v) is 3.29. The van der Waals surface area contributed by atoms with Gasteiger partial charge in [0.15, 0.2) is 0 Å². The molecule has 0 aromatic carbocycles. The first-order chi connectivity index (χ1) is 7.17. The Morgan fingerprint density at radius 2 is 2.20 bits per heavy atom. The molecule has 0 saturated carbocycles. The molecule has 1 rings (SSSR count). The molecule has 0 spiro atoms. The Morgan fingerprint density at radius 1 is 1.47 bits per heavy atom. The van der Waals surface area contributed by atoms with Crippen molar-refractivity contribution in [3.8, 4) is 0 Å². The molecule has 1 aliphatic heterocycles. The lowest BCUT2D eigenvalue weighted by atomic mass is 10.0. The summed E-state index contributed by atoms with van der Waals surface area (Å²) >= 11 is 0. The minimum atomic E-state index is 0.458. The van der Waals surface area contributed by atoms with Crippen LogP contribution in [0.3, 0.4) is 0 Å². The molecule has 0 aromatic heterocycles. The number of hydrogen-bond acceptors (Lipinski definition) is 3. The van der Waals surface area contributed by atoms with E-state index in [1.54, 1.807) is 0 Å². The summed E-state index contributed by atoms with van der Waals surface area (Å²) in [5.41, 5.74) is 0. The Balaban J connectivity index is 2.32. The molecule has 2 atom stereocenters. The highest BCUT2D eigenvalue weighted by atomic mass is 16.5. The van der Waals surface area contributed by atoms with Gasteiger partial charge in [-0.1, -0.05) is 20.8 Å². The first-order valence-electron chi connectivity index (χ1n) is 6.15. The highest BCUT2D eigenvalue weighted by Gasteiger charge is 2.24. The van der Waals surface area contributed by atoms with E-state index < -0.39 is 0 Å². The molecule has 1 heterocycles. The van der Waals surface area contributed by atoms with Crippen LogP contribution >= 0.6 is 0 Å². The quantitative estimate of drug-likeness (QED) is 0.722. The summed E-state index contributed by atoms with van der Waals surface area (Å²) in [5.74, 6) is 0.701. The summed E-state index contributed by atoms with van der Waals surface area (Å²) in [6, 6.07) is 0.616. The van der Waals surface area contributed by atoms with E-state index in [2.05, 4.69) is 31.0 Å². The van der Waals surface area contributed by atoms with Gasteiger partial charge in [0.25, 0.3) is 0 Å². The molecule has 0 aromatic rings. The van der Waals surface area contributed by atoms with E-state index >= 15 is 0 Å². The number of nitrogens with zero attached hydrogens (tertiary/aromatic N) is 1. The third kappa shape index (κ3) is 4.09. The molecule has 3 heteroatoms. The molecular weight excluding hydrogens is 188 g/mol. The number of methoxy groups -OCH3 is 1. The molecule has 0 radical (unpaired) electrons. The highest BCUT2D eigenvalue weighted by molar-refractivity contribution is 4.81. The SMILES string of the molecule is CCNC(CN1CCC(OC)C1)C(C)C. The van der Waals surface area contributed by atoms with E-state index in [-0.39, 0.29) is 0 Å². The van der Waals surface area contributed by atoms with Gasteiger partial charge in [0.1, 0.15) is 0 Å². The van der Waals surface area contributed by atoms with Crippen molar-refractivity contribution in [2.75, 3.05) is 33.3 Å². The Kier molecular flexibility index (Phi) is 5.58. The number of hydrogen-bond donors (Lipinski definition) is 1. The highest BCUT2D eigenvalue weighted by Crippen LogP contribution is 2.14. The Labute approximate surface area is 94.2 Å². The van der Waals surface area contributed by atoms with Gasteiger partial charge in [0.2, 0.25) is 0 Å². The van der Waals surface area contributed by atoms with Crippen LogP contribution in [0.1, 0.15) is 27.2 Å². The molecule has 2 unspecified atom stereocenters. The van der Waals surface area contributed by atoms with Gasteiger partial charge in [-0.2, -0.15) is 0 Å². The monoisotopic (exact) mass is 214 g/mol. The second-order valence-corrected chi connectivity index (χ2v) is 4.81. The first kappa shape index (κ1) is 12.9. The summed E-state index contributed by atoms with van der Waals surface area (Å²) in [6.45, 7) is 11.3. The van der Waals surface area contributed by atoms with Crippen molar-refractivity contribution in [3.05, 3.63) is 0 Å². The lowest BCUT2D eigenvalue weighted by Gasteiger charge is -2.27. The first-order valence-corrected chi connectivity index (χ1v) is 6.15. The van der Waals surface area contributed by atoms with E-state index in [0.717, 1.165) is 19.6 Å². The van der Waals surface area contributed by atoms with Crippen LogP contribution in [0.4, 0.5) is 0 Å². The summed E-state index contributed by atoms with van der Waals surface area (Å²) in [7, 11) is 1.82. The van der Waals surface area contributed by atoms with Crippen LogP contribution in [0.25, 0.3) is 0 Å². The molecule has 15 heavy (non-hydrogen) atoms. The van der Waals surface area contributed by atoms with Gasteiger partial charge in [0.05, 0.1) is 6.10 Å². The normalized spacial score (nSPS) is 25.0. The zero-order chi connectivity index (χ0) is 11.3. The van der Waals surface area contributed by atoms with Crippen LogP contribution < -0.4 is 5.32 Å². The largest absolute Gasteiger partial charge is 0.380 e. The number of nitrogens with one attached hydrogen (secondary N) is 1. The van der Waals surface area contributed by atoms with Gasteiger partial charge in [-0.3, -0.25) is 4.90 Å². The molecular formula is C12H26N2O. The van der Waals surface area contributed by atoms with Crippen LogP contribution in [0.15, 0.2) is 0 Å². The summed E-state index contributed by atoms with van der Waals surface area (Å²) in [6.07, 6.45) is 1.65. The van der Waals surface area contributed by atoms with Gasteiger partial charge in [-0.25, -0.2) is 0 Å². The third-order valence-electron chi connectivity index (χ3n) is 3.29. The average Bonchev–Trinajstić information content (AvgIpc) is 2.65. The number of ether oxygens (including phenoxy) is 1.